The molecule has 1 aliphatic rings. The van der Waals surface area contributed by atoms with Crippen LogP contribution in [0.25, 0.3) is 0 Å². The molecule has 1 saturated heterocycles. The van der Waals surface area contributed by atoms with Crippen LogP contribution in [-0.2, 0) is 0 Å². The molecule has 3 N–H and O–H groups in total. The molecule has 19 heavy (non-hydrogen) atoms. The normalized spacial score (nSPS) is 18.4. The smallest absolute Gasteiger partial charge is 0.123 e. The molecule has 1 aliphatic heterocycles. The van der Waals surface area contributed by atoms with Crippen LogP contribution < -0.4 is 10.6 Å². The average Bonchev–Trinajstić information content (AvgIpc) is 2.39. The van der Waals surface area contributed by atoms with Crippen LogP contribution in [0.15, 0.2) is 22.7 Å². The zero-order valence-corrected chi connectivity index (χ0v) is 13.3. The minimum Gasteiger partial charge on any atom is -0.384 e. The lowest BCUT2D eigenvalue weighted by molar-refractivity contribution is 0.238. The monoisotopic (exact) mass is 323 g/mol. The summed E-state index contributed by atoms with van der Waals surface area (Å²) in [6, 6.07) is 6.07. The Balaban J connectivity index is 2.12. The van der Waals surface area contributed by atoms with E-state index in [1.807, 2.05) is 6.07 Å². The maximum absolute atomic E-state index is 7.50. The number of nitrogen functional groups attached to an aromatic ring is 1. The summed E-state index contributed by atoms with van der Waals surface area (Å²) in [6.07, 6.45) is 3.75. The Hall–Kier alpha value is -1.03. The summed E-state index contributed by atoms with van der Waals surface area (Å²) in [5.41, 5.74) is 8.02. The number of nitrogens with two attached hydrogens (primary N) is 1. The number of halogens is 1. The third kappa shape index (κ3) is 3.11. The molecule has 1 aromatic rings. The van der Waals surface area contributed by atoms with Crippen molar-refractivity contribution in [3.8, 4) is 0 Å². The summed E-state index contributed by atoms with van der Waals surface area (Å²) in [5, 5.41) is 7.50. The van der Waals surface area contributed by atoms with E-state index >= 15 is 0 Å². The molecule has 2 rings (SSSR count). The summed E-state index contributed by atoms with van der Waals surface area (Å²) in [6.45, 7) is 6.89. The minimum absolute atomic E-state index is 0.107. The number of benzene rings is 1. The van der Waals surface area contributed by atoms with E-state index in [0.717, 1.165) is 23.1 Å². The van der Waals surface area contributed by atoms with Gasteiger partial charge in [-0.25, -0.2) is 0 Å². The van der Waals surface area contributed by atoms with Crippen LogP contribution in [-0.4, -0.2) is 18.9 Å². The molecule has 0 amide bonds. The van der Waals surface area contributed by atoms with Crippen LogP contribution in [0.2, 0.25) is 0 Å². The van der Waals surface area contributed by atoms with Crippen LogP contribution in [0, 0.1) is 10.8 Å². The SMILES string of the molecule is CCC1(C)CCN(c2ccc(C(=N)N)c(Br)c2)CC1. The van der Waals surface area contributed by atoms with E-state index in [1.165, 1.54) is 24.9 Å². The van der Waals surface area contributed by atoms with Crippen molar-refractivity contribution in [3.05, 3.63) is 28.2 Å². The molecular formula is C15H22BrN3. The number of hydrogen-bond acceptors (Lipinski definition) is 2. The number of anilines is 1. The van der Waals surface area contributed by atoms with Gasteiger partial charge in [-0.1, -0.05) is 20.3 Å². The Bertz CT molecular complexity index is 476. The fraction of sp³-hybridized carbons (Fsp3) is 0.533. The molecule has 0 radical (unpaired) electrons. The zero-order valence-electron chi connectivity index (χ0n) is 11.7. The topological polar surface area (TPSA) is 53.1 Å². The van der Waals surface area contributed by atoms with Gasteiger partial charge in [0.1, 0.15) is 5.84 Å². The van der Waals surface area contributed by atoms with Gasteiger partial charge < -0.3 is 10.6 Å². The van der Waals surface area contributed by atoms with Crippen molar-refractivity contribution in [2.45, 2.75) is 33.1 Å². The minimum atomic E-state index is 0.107. The van der Waals surface area contributed by atoms with E-state index in [9.17, 15) is 0 Å². The molecule has 3 nitrogen and oxygen atoms in total. The lowest BCUT2D eigenvalue weighted by atomic mass is 9.78. The maximum Gasteiger partial charge on any atom is 0.123 e. The number of nitrogens with zero attached hydrogens (tertiary/aromatic N) is 1. The van der Waals surface area contributed by atoms with Gasteiger partial charge in [-0.15, -0.1) is 0 Å². The Morgan fingerprint density at radius 3 is 2.53 bits per heavy atom. The maximum atomic E-state index is 7.50. The molecule has 0 aliphatic carbocycles. The van der Waals surface area contributed by atoms with Gasteiger partial charge in [0, 0.05) is 28.8 Å². The third-order valence-corrected chi connectivity index (χ3v) is 5.09. The summed E-state index contributed by atoms with van der Waals surface area (Å²) >= 11 is 3.50. The number of piperidine rings is 1. The molecule has 104 valence electrons. The Morgan fingerprint density at radius 2 is 2.05 bits per heavy atom. The zero-order chi connectivity index (χ0) is 14.0. The van der Waals surface area contributed by atoms with Crippen LogP contribution in [0.4, 0.5) is 5.69 Å². The van der Waals surface area contributed by atoms with Crippen molar-refractivity contribution >= 4 is 27.5 Å². The molecule has 1 aromatic carbocycles. The molecular weight excluding hydrogens is 302 g/mol. The second-order valence-electron chi connectivity index (χ2n) is 5.73. The van der Waals surface area contributed by atoms with E-state index in [2.05, 4.69) is 46.8 Å². The highest BCUT2D eigenvalue weighted by Crippen LogP contribution is 2.36. The van der Waals surface area contributed by atoms with Gasteiger partial charge in [0.15, 0.2) is 0 Å². The first kappa shape index (κ1) is 14.4. The second-order valence-corrected chi connectivity index (χ2v) is 6.58. The van der Waals surface area contributed by atoms with Gasteiger partial charge in [-0.3, -0.25) is 5.41 Å². The molecule has 0 spiro atoms. The van der Waals surface area contributed by atoms with Crippen molar-refractivity contribution in [2.75, 3.05) is 18.0 Å². The highest BCUT2D eigenvalue weighted by Gasteiger charge is 2.28. The Kier molecular flexibility index (Phi) is 4.19. The van der Waals surface area contributed by atoms with Crippen molar-refractivity contribution in [1.29, 1.82) is 5.41 Å². The van der Waals surface area contributed by atoms with E-state index < -0.39 is 0 Å². The predicted octanol–water partition coefficient (Wildman–Crippen LogP) is 3.75. The second kappa shape index (κ2) is 5.53. The lowest BCUT2D eigenvalue weighted by Crippen LogP contribution is -2.38. The lowest BCUT2D eigenvalue weighted by Gasteiger charge is -2.40. The summed E-state index contributed by atoms with van der Waals surface area (Å²) in [7, 11) is 0. The molecule has 0 atom stereocenters. The Morgan fingerprint density at radius 1 is 1.42 bits per heavy atom. The summed E-state index contributed by atoms with van der Waals surface area (Å²) in [5.74, 6) is 0.107. The number of amidine groups is 1. The van der Waals surface area contributed by atoms with E-state index in [1.54, 1.807) is 0 Å². The largest absolute Gasteiger partial charge is 0.384 e. The molecule has 0 saturated carbocycles. The fourth-order valence-corrected chi connectivity index (χ4v) is 3.16. The van der Waals surface area contributed by atoms with Gasteiger partial charge >= 0.3 is 0 Å². The number of rotatable bonds is 3. The predicted molar refractivity (Wildman–Crippen MR) is 85.0 cm³/mol. The Labute approximate surface area is 123 Å². The summed E-state index contributed by atoms with van der Waals surface area (Å²) in [4.78, 5) is 2.42. The van der Waals surface area contributed by atoms with Crippen LogP contribution >= 0.6 is 15.9 Å². The molecule has 4 heteroatoms. The quantitative estimate of drug-likeness (QED) is 0.657. The van der Waals surface area contributed by atoms with E-state index in [0.29, 0.717) is 5.41 Å². The van der Waals surface area contributed by atoms with Gasteiger partial charge in [0.05, 0.1) is 0 Å². The molecule has 0 aromatic heterocycles. The molecule has 1 heterocycles. The number of hydrogen-bond donors (Lipinski definition) is 2. The first-order valence-corrected chi connectivity index (χ1v) is 7.63. The highest BCUT2D eigenvalue weighted by molar-refractivity contribution is 9.10. The van der Waals surface area contributed by atoms with Crippen LogP contribution in [0.3, 0.4) is 0 Å². The fourth-order valence-electron chi connectivity index (χ4n) is 2.58. The number of nitrogens with one attached hydrogen (secondary N) is 1. The van der Waals surface area contributed by atoms with Crippen molar-refractivity contribution in [2.24, 2.45) is 11.1 Å². The van der Waals surface area contributed by atoms with E-state index in [4.69, 9.17) is 11.1 Å². The van der Waals surface area contributed by atoms with Crippen molar-refractivity contribution in [1.82, 2.24) is 0 Å². The van der Waals surface area contributed by atoms with E-state index in [-0.39, 0.29) is 5.84 Å². The van der Waals surface area contributed by atoms with Gasteiger partial charge in [0.25, 0.3) is 0 Å². The molecule has 1 fully saturated rings. The van der Waals surface area contributed by atoms with Gasteiger partial charge in [-0.05, 0) is 52.4 Å². The summed E-state index contributed by atoms with van der Waals surface area (Å²) < 4.78 is 0.904. The van der Waals surface area contributed by atoms with Gasteiger partial charge in [-0.2, -0.15) is 0 Å². The van der Waals surface area contributed by atoms with Crippen LogP contribution in [0.1, 0.15) is 38.7 Å². The first-order valence-electron chi connectivity index (χ1n) is 6.84. The molecule has 0 unspecified atom stereocenters. The van der Waals surface area contributed by atoms with Crippen LogP contribution in [0.5, 0.6) is 0 Å². The highest BCUT2D eigenvalue weighted by atomic mass is 79.9. The van der Waals surface area contributed by atoms with Crippen molar-refractivity contribution in [3.63, 3.8) is 0 Å². The standard InChI is InChI=1S/C15H22BrN3/c1-3-15(2)6-8-19(9-7-15)11-4-5-12(14(17)18)13(16)10-11/h4-5,10H,3,6-9H2,1-2H3,(H3,17,18). The third-order valence-electron chi connectivity index (χ3n) is 4.43. The average molecular weight is 324 g/mol. The molecule has 0 bridgehead atoms. The first-order chi connectivity index (χ1) is 8.95. The van der Waals surface area contributed by atoms with Gasteiger partial charge in [0.2, 0.25) is 0 Å². The van der Waals surface area contributed by atoms with Crippen molar-refractivity contribution < 1.29 is 0 Å².